The van der Waals surface area contributed by atoms with Gasteiger partial charge in [-0.3, -0.25) is 5.10 Å². The molecule has 9 nitrogen and oxygen atoms in total. The molecule has 1 N–H and O–H groups in total. The van der Waals surface area contributed by atoms with E-state index in [0.29, 0.717) is 38.2 Å². The number of amides is 1. The van der Waals surface area contributed by atoms with E-state index in [1.165, 1.54) is 0 Å². The minimum absolute atomic E-state index is 0.255. The molecule has 0 fully saturated rings. The molecule has 5 aromatic rings. The molecule has 2 aromatic heterocycles. The fraction of sp³-hybridized carbons (Fsp3) is 0.425. The number of ether oxygens (including phenoxy) is 3. The lowest BCUT2D eigenvalue weighted by atomic mass is 9.98. The Morgan fingerprint density at radius 2 is 1.70 bits per heavy atom. The van der Waals surface area contributed by atoms with Gasteiger partial charge in [-0.05, 0) is 83.7 Å². The molecule has 266 valence electrons. The standard InChI is InChI=1S/C40H49ClN4O5/c1-7-48-38(46)37-31(21-15-25-49-34-22-13-17-28-16-9-10-18-29(28)34)30-19-14-20-32(35-27(2)42-43-33(35)26-41)36(30)45(37)24-12-8-11-23-44(6)39(47)50-40(3,4)5/h9-10,13-14,16-20,22H,7-8,11-12,15,21,23-26H2,1-6H3,(H,42,43). The van der Waals surface area contributed by atoms with Gasteiger partial charge in [0.2, 0.25) is 0 Å². The second-order valence-corrected chi connectivity index (χ2v) is 13.9. The zero-order valence-electron chi connectivity index (χ0n) is 30.1. The number of aromatic amines is 1. The van der Waals surface area contributed by atoms with E-state index in [0.717, 1.165) is 74.8 Å². The van der Waals surface area contributed by atoms with Gasteiger partial charge in [0.1, 0.15) is 17.0 Å². The number of unbranched alkanes of at least 4 members (excludes halogenated alkanes) is 2. The Hall–Kier alpha value is -4.50. The van der Waals surface area contributed by atoms with Gasteiger partial charge < -0.3 is 23.7 Å². The SMILES string of the molecule is CCOC(=O)c1c(CCCOc2cccc3ccccc23)c2cccc(-c3c(CCl)n[nH]c3C)c2n1CCCCCN(C)C(=O)OC(C)(C)C. The number of alkyl halides is 1. The molecule has 0 saturated carbocycles. The molecule has 0 atom stereocenters. The van der Waals surface area contributed by atoms with Crippen LogP contribution in [0.25, 0.3) is 32.8 Å². The summed E-state index contributed by atoms with van der Waals surface area (Å²) in [7, 11) is 1.76. The van der Waals surface area contributed by atoms with Crippen molar-refractivity contribution in [1.29, 1.82) is 0 Å². The monoisotopic (exact) mass is 700 g/mol. The first-order valence-corrected chi connectivity index (χ1v) is 18.0. The largest absolute Gasteiger partial charge is 0.493 e. The first kappa shape index (κ1) is 36.8. The number of fused-ring (bicyclic) bond motifs is 2. The molecule has 0 aliphatic heterocycles. The number of aromatic nitrogens is 3. The molecular formula is C40H49ClN4O5. The van der Waals surface area contributed by atoms with Crippen molar-refractivity contribution in [2.75, 3.05) is 26.8 Å². The van der Waals surface area contributed by atoms with Crippen molar-refractivity contribution in [3.8, 4) is 16.9 Å². The van der Waals surface area contributed by atoms with Crippen LogP contribution in [0.2, 0.25) is 0 Å². The zero-order chi connectivity index (χ0) is 35.8. The number of hydrogen-bond donors (Lipinski definition) is 1. The van der Waals surface area contributed by atoms with Gasteiger partial charge in [0, 0.05) is 47.7 Å². The van der Waals surface area contributed by atoms with Gasteiger partial charge >= 0.3 is 12.1 Å². The number of esters is 1. The van der Waals surface area contributed by atoms with Gasteiger partial charge in [-0.25, -0.2) is 9.59 Å². The van der Waals surface area contributed by atoms with Crippen LogP contribution >= 0.6 is 11.6 Å². The number of carbonyl (C=O) groups excluding carboxylic acids is 2. The second kappa shape index (κ2) is 16.5. The number of halogens is 1. The van der Waals surface area contributed by atoms with Crippen molar-refractivity contribution in [3.63, 3.8) is 0 Å². The molecule has 0 aliphatic rings. The third-order valence-electron chi connectivity index (χ3n) is 8.73. The van der Waals surface area contributed by atoms with Gasteiger partial charge in [0.05, 0.1) is 30.3 Å². The normalized spacial score (nSPS) is 11.7. The fourth-order valence-electron chi connectivity index (χ4n) is 6.50. The molecule has 0 spiro atoms. The molecule has 0 saturated heterocycles. The summed E-state index contributed by atoms with van der Waals surface area (Å²) in [6, 6.07) is 20.5. The summed E-state index contributed by atoms with van der Waals surface area (Å²) >= 11 is 6.37. The van der Waals surface area contributed by atoms with E-state index in [-0.39, 0.29) is 24.5 Å². The maximum Gasteiger partial charge on any atom is 0.410 e. The molecule has 0 aliphatic carbocycles. The van der Waals surface area contributed by atoms with E-state index >= 15 is 0 Å². The van der Waals surface area contributed by atoms with Crippen LogP contribution in [0.4, 0.5) is 4.79 Å². The van der Waals surface area contributed by atoms with Crippen LogP contribution in [0.5, 0.6) is 5.75 Å². The summed E-state index contributed by atoms with van der Waals surface area (Å²) < 4.78 is 19.6. The van der Waals surface area contributed by atoms with E-state index in [1.807, 2.05) is 65.0 Å². The number of nitrogens with zero attached hydrogens (tertiary/aromatic N) is 3. The van der Waals surface area contributed by atoms with E-state index in [2.05, 4.69) is 45.1 Å². The van der Waals surface area contributed by atoms with Crippen molar-refractivity contribution in [1.82, 2.24) is 19.7 Å². The zero-order valence-corrected chi connectivity index (χ0v) is 30.9. The second-order valence-electron chi connectivity index (χ2n) is 13.6. The van der Waals surface area contributed by atoms with Crippen molar-refractivity contribution in [2.24, 2.45) is 0 Å². The minimum Gasteiger partial charge on any atom is -0.493 e. The number of rotatable bonds is 15. The molecule has 2 heterocycles. The van der Waals surface area contributed by atoms with Gasteiger partial charge in [0.15, 0.2) is 0 Å². The summed E-state index contributed by atoms with van der Waals surface area (Å²) in [4.78, 5) is 27.9. The average molecular weight is 701 g/mol. The van der Waals surface area contributed by atoms with Crippen molar-refractivity contribution >= 4 is 45.3 Å². The van der Waals surface area contributed by atoms with E-state index < -0.39 is 5.60 Å². The van der Waals surface area contributed by atoms with Crippen molar-refractivity contribution in [2.45, 2.75) is 84.7 Å². The maximum atomic E-state index is 13.8. The lowest BCUT2D eigenvalue weighted by Crippen LogP contribution is -2.34. The Morgan fingerprint density at radius 3 is 2.46 bits per heavy atom. The summed E-state index contributed by atoms with van der Waals surface area (Å²) in [6.07, 6.45) is 3.44. The topological polar surface area (TPSA) is 98.7 Å². The Kier molecular flexibility index (Phi) is 12.1. The summed E-state index contributed by atoms with van der Waals surface area (Å²) in [5.41, 5.74) is 5.52. The van der Waals surface area contributed by atoms with E-state index in [4.69, 9.17) is 25.8 Å². The summed E-state index contributed by atoms with van der Waals surface area (Å²) in [5, 5.41) is 10.8. The van der Waals surface area contributed by atoms with Crippen LogP contribution < -0.4 is 4.74 Å². The third-order valence-corrected chi connectivity index (χ3v) is 8.99. The first-order chi connectivity index (χ1) is 24.0. The highest BCUT2D eigenvalue weighted by atomic mass is 35.5. The Bertz CT molecular complexity index is 1930. The number of nitrogens with one attached hydrogen (secondary N) is 1. The number of para-hydroxylation sites is 1. The van der Waals surface area contributed by atoms with Gasteiger partial charge in [-0.15, -0.1) is 11.6 Å². The quantitative estimate of drug-likeness (QED) is 0.0664. The van der Waals surface area contributed by atoms with Crippen LogP contribution in [-0.2, 0) is 28.3 Å². The molecule has 50 heavy (non-hydrogen) atoms. The average Bonchev–Trinajstić information content (AvgIpc) is 3.62. The number of benzene rings is 3. The lowest BCUT2D eigenvalue weighted by molar-refractivity contribution is 0.0295. The number of aryl methyl sites for hydroxylation is 3. The molecular weight excluding hydrogens is 652 g/mol. The summed E-state index contributed by atoms with van der Waals surface area (Å²) in [5.74, 6) is 0.760. The number of carbonyl (C=O) groups is 2. The Labute approximate surface area is 299 Å². The summed E-state index contributed by atoms with van der Waals surface area (Å²) in [6.45, 7) is 11.3. The van der Waals surface area contributed by atoms with Crippen molar-refractivity contribution < 1.29 is 23.8 Å². The fourth-order valence-corrected chi connectivity index (χ4v) is 6.70. The highest BCUT2D eigenvalue weighted by Crippen LogP contribution is 2.38. The molecule has 10 heteroatoms. The predicted molar refractivity (Wildman–Crippen MR) is 200 cm³/mol. The lowest BCUT2D eigenvalue weighted by Gasteiger charge is -2.24. The van der Waals surface area contributed by atoms with Gasteiger partial charge in [-0.2, -0.15) is 5.10 Å². The van der Waals surface area contributed by atoms with Gasteiger partial charge in [-0.1, -0.05) is 54.6 Å². The minimum atomic E-state index is -0.543. The smallest absolute Gasteiger partial charge is 0.410 e. The van der Waals surface area contributed by atoms with Crippen LogP contribution in [0.1, 0.15) is 80.8 Å². The van der Waals surface area contributed by atoms with Crippen LogP contribution in [0, 0.1) is 6.92 Å². The van der Waals surface area contributed by atoms with Gasteiger partial charge in [0.25, 0.3) is 0 Å². The highest BCUT2D eigenvalue weighted by molar-refractivity contribution is 6.17. The third kappa shape index (κ3) is 8.44. The molecule has 0 bridgehead atoms. The molecule has 0 unspecified atom stereocenters. The maximum absolute atomic E-state index is 13.8. The Balaban J connectivity index is 1.45. The van der Waals surface area contributed by atoms with Crippen LogP contribution in [0.15, 0.2) is 60.7 Å². The van der Waals surface area contributed by atoms with E-state index in [1.54, 1.807) is 11.9 Å². The molecule has 3 aromatic carbocycles. The number of hydrogen-bond acceptors (Lipinski definition) is 6. The first-order valence-electron chi connectivity index (χ1n) is 17.5. The predicted octanol–water partition coefficient (Wildman–Crippen LogP) is 9.46. The Morgan fingerprint density at radius 1 is 0.960 bits per heavy atom. The number of H-pyrrole nitrogens is 1. The molecule has 0 radical (unpaired) electrons. The molecule has 5 rings (SSSR count). The van der Waals surface area contributed by atoms with Crippen LogP contribution in [0.3, 0.4) is 0 Å². The van der Waals surface area contributed by atoms with Crippen LogP contribution in [-0.4, -0.2) is 64.1 Å². The molecule has 1 amide bonds. The van der Waals surface area contributed by atoms with Crippen molar-refractivity contribution in [3.05, 3.63) is 83.3 Å². The van der Waals surface area contributed by atoms with E-state index in [9.17, 15) is 9.59 Å². The highest BCUT2D eigenvalue weighted by Gasteiger charge is 2.27.